The molecule has 3 rings (SSSR count). The van der Waals surface area contributed by atoms with Gasteiger partial charge in [-0.05, 0) is 19.4 Å². The lowest BCUT2D eigenvalue weighted by molar-refractivity contribution is -0.121. The molecule has 0 aliphatic heterocycles. The van der Waals surface area contributed by atoms with E-state index < -0.39 is 0 Å². The van der Waals surface area contributed by atoms with Crippen molar-refractivity contribution in [3.05, 3.63) is 87.3 Å². The second-order valence-electron chi connectivity index (χ2n) is 7.00. The van der Waals surface area contributed by atoms with Crippen molar-refractivity contribution in [2.45, 2.75) is 33.4 Å². The van der Waals surface area contributed by atoms with Gasteiger partial charge in [0, 0.05) is 36.4 Å². The smallest absolute Gasteiger partial charge is 0.257 e. The Balaban J connectivity index is 1.90. The number of aliphatic hydroxyl groups excluding tert-OH is 1. The van der Waals surface area contributed by atoms with Gasteiger partial charge in [-0.1, -0.05) is 60.2 Å². The molecular weight excluding hydrogens is 366 g/mol. The summed E-state index contributed by atoms with van der Waals surface area (Å²) in [5, 5.41) is 12.2. The van der Waals surface area contributed by atoms with Gasteiger partial charge in [0.05, 0.1) is 0 Å². The van der Waals surface area contributed by atoms with Crippen molar-refractivity contribution in [3.63, 3.8) is 0 Å². The maximum atomic E-state index is 13.1. The van der Waals surface area contributed by atoms with Crippen LogP contribution in [0.1, 0.15) is 22.4 Å². The van der Waals surface area contributed by atoms with Gasteiger partial charge < -0.3 is 10.4 Å². The third-order valence-corrected chi connectivity index (χ3v) is 4.74. The molecule has 0 saturated carbocycles. The fraction of sp³-hybridized carbons (Fsp3) is 0.261. The van der Waals surface area contributed by atoms with Crippen LogP contribution in [0.4, 0.5) is 0 Å². The number of aliphatic hydroxyl groups is 1. The predicted octanol–water partition coefficient (Wildman–Crippen LogP) is 2.38. The molecule has 1 aromatic heterocycles. The first kappa shape index (κ1) is 20.5. The van der Waals surface area contributed by atoms with Gasteiger partial charge in [0.1, 0.15) is 12.4 Å². The largest absolute Gasteiger partial charge is 0.396 e. The maximum Gasteiger partial charge on any atom is 0.257 e. The summed E-state index contributed by atoms with van der Waals surface area (Å²) in [5.41, 5.74) is 3.58. The van der Waals surface area contributed by atoms with Crippen LogP contribution in [0.15, 0.2) is 59.4 Å². The van der Waals surface area contributed by atoms with Crippen LogP contribution in [0.2, 0.25) is 0 Å². The molecule has 3 aromatic rings. The highest BCUT2D eigenvalue weighted by Crippen LogP contribution is 2.17. The van der Waals surface area contributed by atoms with Crippen LogP contribution in [-0.2, 0) is 24.3 Å². The minimum atomic E-state index is -0.295. The Morgan fingerprint density at radius 3 is 2.55 bits per heavy atom. The molecule has 1 amide bonds. The van der Waals surface area contributed by atoms with Gasteiger partial charge in [0.15, 0.2) is 0 Å². The summed E-state index contributed by atoms with van der Waals surface area (Å²) in [6, 6.07) is 17.2. The standard InChI is InChI=1S/C23H25N3O3/c1-16-7-6-8-18(13-16)14-24-21(28)15-26-22(19-9-4-3-5-10-19)25-17(2)20(11-12-27)23(26)29/h3-10,13,27H,11-12,14-15H2,1-2H3,(H,24,28). The van der Waals surface area contributed by atoms with E-state index in [4.69, 9.17) is 0 Å². The number of nitrogens with zero attached hydrogens (tertiary/aromatic N) is 2. The second-order valence-corrected chi connectivity index (χ2v) is 7.00. The Morgan fingerprint density at radius 2 is 1.86 bits per heavy atom. The van der Waals surface area contributed by atoms with Gasteiger partial charge in [0.25, 0.3) is 5.56 Å². The normalized spacial score (nSPS) is 10.7. The number of benzene rings is 2. The SMILES string of the molecule is Cc1cccc(CNC(=O)Cn2c(-c3ccccc3)nc(C)c(CCO)c2=O)c1. The molecule has 29 heavy (non-hydrogen) atoms. The number of carbonyl (C=O) groups excluding carboxylic acids is 1. The van der Waals surface area contributed by atoms with E-state index in [1.54, 1.807) is 6.92 Å². The first-order valence-corrected chi connectivity index (χ1v) is 9.58. The number of nitrogens with one attached hydrogen (secondary N) is 1. The van der Waals surface area contributed by atoms with Gasteiger partial charge in [-0.2, -0.15) is 0 Å². The van der Waals surface area contributed by atoms with E-state index in [-0.39, 0.29) is 31.0 Å². The first-order chi connectivity index (χ1) is 14.0. The van der Waals surface area contributed by atoms with Gasteiger partial charge >= 0.3 is 0 Å². The predicted molar refractivity (Wildman–Crippen MR) is 112 cm³/mol. The average molecular weight is 391 g/mol. The Morgan fingerprint density at radius 1 is 1.10 bits per heavy atom. The minimum absolute atomic E-state index is 0.138. The van der Waals surface area contributed by atoms with E-state index in [9.17, 15) is 14.7 Å². The molecule has 1 heterocycles. The van der Waals surface area contributed by atoms with E-state index in [2.05, 4.69) is 10.3 Å². The zero-order chi connectivity index (χ0) is 20.8. The summed E-state index contributed by atoms with van der Waals surface area (Å²) in [6.45, 7) is 3.85. The fourth-order valence-corrected chi connectivity index (χ4v) is 3.28. The van der Waals surface area contributed by atoms with Crippen molar-refractivity contribution in [3.8, 4) is 11.4 Å². The molecule has 0 atom stereocenters. The zero-order valence-corrected chi connectivity index (χ0v) is 16.7. The highest BCUT2D eigenvalue weighted by Gasteiger charge is 2.17. The Hall–Kier alpha value is -3.25. The summed E-state index contributed by atoms with van der Waals surface area (Å²) in [6.07, 6.45) is 0.206. The Labute approximate surface area is 169 Å². The van der Waals surface area contributed by atoms with Crippen LogP contribution in [-0.4, -0.2) is 27.2 Å². The molecule has 6 heteroatoms. The molecular formula is C23H25N3O3. The topological polar surface area (TPSA) is 84.2 Å². The third-order valence-electron chi connectivity index (χ3n) is 4.74. The summed E-state index contributed by atoms with van der Waals surface area (Å²) in [7, 11) is 0. The van der Waals surface area contributed by atoms with E-state index in [1.165, 1.54) is 4.57 Å². The molecule has 150 valence electrons. The van der Waals surface area contributed by atoms with Crippen LogP contribution in [0.3, 0.4) is 0 Å². The van der Waals surface area contributed by atoms with Crippen LogP contribution in [0.5, 0.6) is 0 Å². The van der Waals surface area contributed by atoms with E-state index >= 15 is 0 Å². The number of hydrogen-bond acceptors (Lipinski definition) is 4. The van der Waals surface area contributed by atoms with Crippen LogP contribution in [0, 0.1) is 13.8 Å². The third kappa shape index (κ3) is 4.97. The Kier molecular flexibility index (Phi) is 6.57. The molecule has 0 fully saturated rings. The summed E-state index contributed by atoms with van der Waals surface area (Å²) in [4.78, 5) is 30.3. The minimum Gasteiger partial charge on any atom is -0.396 e. The van der Waals surface area contributed by atoms with Crippen LogP contribution >= 0.6 is 0 Å². The van der Waals surface area contributed by atoms with Crippen molar-refractivity contribution in [1.29, 1.82) is 0 Å². The van der Waals surface area contributed by atoms with Crippen LogP contribution < -0.4 is 10.9 Å². The van der Waals surface area contributed by atoms with Crippen molar-refractivity contribution in [2.75, 3.05) is 6.61 Å². The summed E-state index contributed by atoms with van der Waals surface area (Å²) < 4.78 is 1.39. The first-order valence-electron chi connectivity index (χ1n) is 9.58. The summed E-state index contributed by atoms with van der Waals surface area (Å²) in [5.74, 6) is 0.173. The quantitative estimate of drug-likeness (QED) is 0.648. The van der Waals surface area contributed by atoms with Crippen molar-refractivity contribution in [1.82, 2.24) is 14.9 Å². The number of rotatable bonds is 7. The lowest BCUT2D eigenvalue weighted by Crippen LogP contribution is -2.35. The van der Waals surface area contributed by atoms with Gasteiger partial charge in [0.2, 0.25) is 5.91 Å². The number of amides is 1. The molecule has 6 nitrogen and oxygen atoms in total. The average Bonchev–Trinajstić information content (AvgIpc) is 2.72. The molecule has 0 bridgehead atoms. The lowest BCUT2D eigenvalue weighted by atomic mass is 10.1. The van der Waals surface area contributed by atoms with Crippen molar-refractivity contribution in [2.24, 2.45) is 0 Å². The van der Waals surface area contributed by atoms with E-state index in [1.807, 2.05) is 61.5 Å². The molecule has 0 saturated heterocycles. The number of aryl methyl sites for hydroxylation is 2. The fourth-order valence-electron chi connectivity index (χ4n) is 3.28. The molecule has 0 aliphatic rings. The number of aromatic nitrogens is 2. The van der Waals surface area contributed by atoms with Gasteiger partial charge in [-0.15, -0.1) is 0 Å². The molecule has 2 N–H and O–H groups in total. The zero-order valence-electron chi connectivity index (χ0n) is 16.7. The Bertz CT molecular complexity index is 1060. The van der Waals surface area contributed by atoms with E-state index in [0.717, 1.165) is 16.7 Å². The number of hydrogen-bond donors (Lipinski definition) is 2. The molecule has 0 spiro atoms. The van der Waals surface area contributed by atoms with Gasteiger partial charge in [-0.3, -0.25) is 14.2 Å². The molecule has 0 unspecified atom stereocenters. The highest BCUT2D eigenvalue weighted by atomic mass is 16.3. The molecule has 0 radical (unpaired) electrons. The van der Waals surface area contributed by atoms with Crippen LogP contribution in [0.25, 0.3) is 11.4 Å². The van der Waals surface area contributed by atoms with Crippen molar-refractivity contribution < 1.29 is 9.90 Å². The lowest BCUT2D eigenvalue weighted by Gasteiger charge is -2.16. The monoisotopic (exact) mass is 391 g/mol. The summed E-state index contributed by atoms with van der Waals surface area (Å²) >= 11 is 0. The highest BCUT2D eigenvalue weighted by molar-refractivity contribution is 5.76. The van der Waals surface area contributed by atoms with Gasteiger partial charge in [-0.25, -0.2) is 4.98 Å². The molecule has 2 aromatic carbocycles. The maximum absolute atomic E-state index is 13.1. The number of carbonyl (C=O) groups is 1. The second kappa shape index (κ2) is 9.30. The van der Waals surface area contributed by atoms with Crippen molar-refractivity contribution >= 4 is 5.91 Å². The van der Waals surface area contributed by atoms with E-state index in [0.29, 0.717) is 23.6 Å². The molecule has 0 aliphatic carbocycles.